The van der Waals surface area contributed by atoms with Crippen molar-refractivity contribution >= 4 is 5.97 Å². The van der Waals surface area contributed by atoms with E-state index in [2.05, 4.69) is 11.1 Å². The van der Waals surface area contributed by atoms with Crippen molar-refractivity contribution in [2.75, 3.05) is 20.3 Å². The van der Waals surface area contributed by atoms with Crippen molar-refractivity contribution in [2.24, 2.45) is 5.73 Å². The molecule has 2 heterocycles. The number of nitrogens with two attached hydrogens (primary N) is 1. The summed E-state index contributed by atoms with van der Waals surface area (Å²) in [7, 11) is 1.52. The molecule has 0 saturated carbocycles. The zero-order valence-electron chi connectivity index (χ0n) is 17.6. The number of rotatable bonds is 8. The van der Waals surface area contributed by atoms with Crippen LogP contribution in [0.25, 0.3) is 0 Å². The summed E-state index contributed by atoms with van der Waals surface area (Å²) < 4.78 is 24.1. The molecular weight excluding hydrogens is 400 g/mol. The topological polar surface area (TPSA) is 122 Å². The van der Waals surface area contributed by atoms with Gasteiger partial charge in [0.1, 0.15) is 24.0 Å². The molecule has 0 spiro atoms. The number of allylic oxidation sites excluding steroid dienone is 2. The van der Waals surface area contributed by atoms with Crippen LogP contribution in [-0.4, -0.2) is 35.8 Å². The Morgan fingerprint density at radius 3 is 2.87 bits per heavy atom. The Kier molecular flexibility index (Phi) is 6.82. The normalized spacial score (nSPS) is 15.9. The molecule has 1 aliphatic heterocycles. The molecule has 3 rings (SSSR count). The van der Waals surface area contributed by atoms with Crippen LogP contribution < -0.4 is 15.2 Å². The van der Waals surface area contributed by atoms with E-state index in [0.717, 1.165) is 0 Å². The first-order valence-corrected chi connectivity index (χ1v) is 9.72. The molecule has 1 aromatic heterocycles. The average molecular weight is 424 g/mol. The van der Waals surface area contributed by atoms with Gasteiger partial charge in [-0.2, -0.15) is 5.26 Å². The van der Waals surface area contributed by atoms with Crippen LogP contribution in [0.5, 0.6) is 11.5 Å². The highest BCUT2D eigenvalue weighted by atomic mass is 16.5. The molecule has 162 valence electrons. The number of hydrogen-bond donors (Lipinski definition) is 1. The molecule has 31 heavy (non-hydrogen) atoms. The number of nitriles is 1. The average Bonchev–Trinajstić information content (AvgIpc) is 3.27. The first kappa shape index (κ1) is 21.8. The lowest BCUT2D eigenvalue weighted by Crippen LogP contribution is -2.26. The number of aromatic nitrogens is 2. The lowest BCUT2D eigenvalue weighted by atomic mass is 9.82. The van der Waals surface area contributed by atoms with E-state index < -0.39 is 11.9 Å². The van der Waals surface area contributed by atoms with Crippen molar-refractivity contribution in [2.45, 2.75) is 26.3 Å². The van der Waals surface area contributed by atoms with Gasteiger partial charge in [0.25, 0.3) is 0 Å². The molecule has 1 aromatic carbocycles. The number of para-hydroxylation sites is 1. The van der Waals surface area contributed by atoms with Gasteiger partial charge in [-0.25, -0.2) is 9.78 Å². The van der Waals surface area contributed by atoms with Crippen molar-refractivity contribution in [1.82, 2.24) is 9.55 Å². The van der Waals surface area contributed by atoms with Gasteiger partial charge in [-0.15, -0.1) is 0 Å². The number of nitrogens with zero attached hydrogens (tertiary/aromatic N) is 3. The van der Waals surface area contributed by atoms with Gasteiger partial charge in [0, 0.05) is 18.0 Å². The van der Waals surface area contributed by atoms with Crippen LogP contribution in [0.15, 0.2) is 59.7 Å². The Bertz CT molecular complexity index is 1050. The van der Waals surface area contributed by atoms with E-state index in [0.29, 0.717) is 30.2 Å². The van der Waals surface area contributed by atoms with E-state index in [1.165, 1.54) is 7.11 Å². The van der Waals surface area contributed by atoms with Gasteiger partial charge in [-0.1, -0.05) is 12.1 Å². The van der Waals surface area contributed by atoms with E-state index in [-0.39, 0.29) is 29.4 Å². The van der Waals surface area contributed by atoms with Gasteiger partial charge >= 0.3 is 5.97 Å². The van der Waals surface area contributed by atoms with Crippen molar-refractivity contribution in [3.05, 3.63) is 65.3 Å². The first-order chi connectivity index (χ1) is 15.0. The van der Waals surface area contributed by atoms with E-state index >= 15 is 0 Å². The molecule has 1 unspecified atom stereocenters. The molecule has 2 N–H and O–H groups in total. The molecule has 0 bridgehead atoms. The van der Waals surface area contributed by atoms with Crippen LogP contribution in [0.4, 0.5) is 0 Å². The number of imidazole rings is 1. The SMILES string of the molecule is CCOC(=O)C1=C(C)OC(N)=C(C#N)C1c1cccc(OC)c1OCCn1ccnc1. The third-order valence-electron chi connectivity index (χ3n) is 4.80. The minimum absolute atomic E-state index is 0.0646. The summed E-state index contributed by atoms with van der Waals surface area (Å²) in [5.74, 6) is -0.329. The quantitative estimate of drug-likeness (QED) is 0.642. The Morgan fingerprint density at radius 1 is 1.42 bits per heavy atom. The molecule has 0 saturated heterocycles. The Balaban J connectivity index is 2.07. The summed E-state index contributed by atoms with van der Waals surface area (Å²) in [6, 6.07) is 7.34. The Hall–Kier alpha value is -3.93. The molecule has 0 aliphatic carbocycles. The first-order valence-electron chi connectivity index (χ1n) is 9.72. The molecule has 0 fully saturated rings. The number of methoxy groups -OCH3 is 1. The number of benzene rings is 1. The van der Waals surface area contributed by atoms with Crippen LogP contribution in [0.3, 0.4) is 0 Å². The lowest BCUT2D eigenvalue weighted by molar-refractivity contribution is -0.139. The molecule has 1 atom stereocenters. The summed E-state index contributed by atoms with van der Waals surface area (Å²) >= 11 is 0. The number of hydrogen-bond acceptors (Lipinski definition) is 8. The van der Waals surface area contributed by atoms with Gasteiger partial charge in [-0.05, 0) is 19.9 Å². The highest BCUT2D eigenvalue weighted by Crippen LogP contribution is 2.45. The molecule has 9 nitrogen and oxygen atoms in total. The van der Waals surface area contributed by atoms with Gasteiger partial charge in [0.2, 0.25) is 5.88 Å². The van der Waals surface area contributed by atoms with Gasteiger partial charge in [0.05, 0.1) is 38.1 Å². The second-order valence-electron chi connectivity index (χ2n) is 6.64. The van der Waals surface area contributed by atoms with Crippen LogP contribution >= 0.6 is 0 Å². The van der Waals surface area contributed by atoms with E-state index in [1.54, 1.807) is 44.6 Å². The van der Waals surface area contributed by atoms with E-state index in [4.69, 9.17) is 24.7 Å². The largest absolute Gasteiger partial charge is 0.493 e. The fourth-order valence-corrected chi connectivity index (χ4v) is 3.41. The summed E-state index contributed by atoms with van der Waals surface area (Å²) in [6.07, 6.45) is 5.20. The maximum atomic E-state index is 12.8. The predicted molar refractivity (Wildman–Crippen MR) is 111 cm³/mol. The molecule has 9 heteroatoms. The zero-order chi connectivity index (χ0) is 22.4. The van der Waals surface area contributed by atoms with Crippen LogP contribution in [0, 0.1) is 11.3 Å². The fraction of sp³-hybridized carbons (Fsp3) is 0.318. The number of esters is 1. The summed E-state index contributed by atoms with van der Waals surface area (Å²) in [4.78, 5) is 16.8. The molecule has 1 aliphatic rings. The molecule has 0 radical (unpaired) electrons. The minimum Gasteiger partial charge on any atom is -0.493 e. The van der Waals surface area contributed by atoms with Crippen molar-refractivity contribution < 1.29 is 23.7 Å². The monoisotopic (exact) mass is 424 g/mol. The molecule has 0 amide bonds. The lowest BCUT2D eigenvalue weighted by Gasteiger charge is -2.28. The van der Waals surface area contributed by atoms with E-state index in [1.807, 2.05) is 10.8 Å². The van der Waals surface area contributed by atoms with Crippen LogP contribution in [-0.2, 0) is 20.8 Å². The van der Waals surface area contributed by atoms with Crippen molar-refractivity contribution in [3.63, 3.8) is 0 Å². The maximum absolute atomic E-state index is 12.8. The molecular formula is C22H24N4O5. The third kappa shape index (κ3) is 4.48. The highest BCUT2D eigenvalue weighted by Gasteiger charge is 2.38. The third-order valence-corrected chi connectivity index (χ3v) is 4.80. The van der Waals surface area contributed by atoms with Gasteiger partial charge in [-0.3, -0.25) is 0 Å². The van der Waals surface area contributed by atoms with Gasteiger partial charge < -0.3 is 29.2 Å². The standard InChI is InChI=1S/C22H24N4O5/c1-4-29-22(27)18-14(2)31-21(24)16(12-23)19(18)15-6-5-7-17(28-3)20(15)30-11-10-26-9-8-25-13-26/h5-9,13,19H,4,10-11,24H2,1-3H3. The van der Waals surface area contributed by atoms with Crippen LogP contribution in [0.2, 0.25) is 0 Å². The van der Waals surface area contributed by atoms with E-state index in [9.17, 15) is 10.1 Å². The molecule has 2 aromatic rings. The fourth-order valence-electron chi connectivity index (χ4n) is 3.41. The second kappa shape index (κ2) is 9.71. The smallest absolute Gasteiger partial charge is 0.338 e. The minimum atomic E-state index is -0.823. The Labute approximate surface area is 180 Å². The summed E-state index contributed by atoms with van der Waals surface area (Å²) in [6.45, 7) is 4.35. The zero-order valence-corrected chi connectivity index (χ0v) is 17.6. The Morgan fingerprint density at radius 2 is 2.23 bits per heavy atom. The van der Waals surface area contributed by atoms with Crippen LogP contribution in [0.1, 0.15) is 25.3 Å². The number of ether oxygens (including phenoxy) is 4. The van der Waals surface area contributed by atoms with Crippen molar-refractivity contribution in [1.29, 1.82) is 5.26 Å². The van der Waals surface area contributed by atoms with Crippen molar-refractivity contribution in [3.8, 4) is 17.6 Å². The number of carbonyl (C=O) groups excluding carboxylic acids is 1. The predicted octanol–water partition coefficient (Wildman–Crippen LogP) is 2.62. The maximum Gasteiger partial charge on any atom is 0.338 e. The number of carbonyl (C=O) groups is 1. The highest BCUT2D eigenvalue weighted by molar-refractivity contribution is 5.93. The van der Waals surface area contributed by atoms with Gasteiger partial charge in [0.15, 0.2) is 11.5 Å². The summed E-state index contributed by atoms with van der Waals surface area (Å²) in [5, 5.41) is 9.80. The summed E-state index contributed by atoms with van der Waals surface area (Å²) in [5.41, 5.74) is 6.84. The second-order valence-corrected chi connectivity index (χ2v) is 6.64.